The number of Topliss-reactive ketones (excluding diaryl/α,β-unsaturated/α-hetero) is 1. The van der Waals surface area contributed by atoms with E-state index in [1.807, 2.05) is 0 Å². The predicted octanol–water partition coefficient (Wildman–Crippen LogP) is 2.76. The van der Waals surface area contributed by atoms with Crippen molar-refractivity contribution < 1.29 is 14.3 Å². The van der Waals surface area contributed by atoms with Gasteiger partial charge < -0.3 is 10.5 Å². The number of primary amides is 1. The zero-order valence-electron chi connectivity index (χ0n) is 10.5. The quantitative estimate of drug-likeness (QED) is 0.933. The van der Waals surface area contributed by atoms with E-state index in [0.717, 1.165) is 5.56 Å². The molecule has 0 fully saturated rings. The first kappa shape index (κ1) is 14.2. The second-order valence-electron chi connectivity index (χ2n) is 4.94. The van der Waals surface area contributed by atoms with Crippen LogP contribution in [-0.4, -0.2) is 17.3 Å². The topological polar surface area (TPSA) is 69.4 Å². The van der Waals surface area contributed by atoms with Crippen LogP contribution in [-0.2, 0) is 11.2 Å². The van der Waals surface area contributed by atoms with Crippen LogP contribution in [0.3, 0.4) is 0 Å². The van der Waals surface area contributed by atoms with Crippen LogP contribution >= 0.6 is 23.2 Å². The SMILES string of the molecule is CC(C)(Oc1cc2c(c(Cl)c1Cl)C(=O)CC2)C(N)=O. The number of amides is 1. The molecule has 0 aliphatic heterocycles. The highest BCUT2D eigenvalue weighted by Gasteiger charge is 2.31. The van der Waals surface area contributed by atoms with E-state index in [9.17, 15) is 9.59 Å². The van der Waals surface area contributed by atoms with Crippen molar-refractivity contribution in [1.82, 2.24) is 0 Å². The Morgan fingerprint density at radius 2 is 1.95 bits per heavy atom. The Morgan fingerprint density at radius 3 is 2.53 bits per heavy atom. The maximum Gasteiger partial charge on any atom is 0.261 e. The summed E-state index contributed by atoms with van der Waals surface area (Å²) in [5, 5.41) is 0.307. The number of hydrogen-bond acceptors (Lipinski definition) is 3. The fraction of sp³-hybridized carbons (Fsp3) is 0.385. The average Bonchev–Trinajstić information content (AvgIpc) is 2.67. The van der Waals surface area contributed by atoms with Gasteiger partial charge in [0, 0.05) is 12.0 Å². The molecular weight excluding hydrogens is 289 g/mol. The molecule has 1 aliphatic rings. The van der Waals surface area contributed by atoms with Gasteiger partial charge in [-0.2, -0.15) is 0 Å². The van der Waals surface area contributed by atoms with Crippen LogP contribution in [0.4, 0.5) is 0 Å². The van der Waals surface area contributed by atoms with Crippen LogP contribution in [0.1, 0.15) is 36.2 Å². The first-order valence-corrected chi connectivity index (χ1v) is 6.52. The van der Waals surface area contributed by atoms with Gasteiger partial charge >= 0.3 is 0 Å². The zero-order chi connectivity index (χ0) is 14.4. The lowest BCUT2D eigenvalue weighted by atomic mass is 10.1. The first-order valence-electron chi connectivity index (χ1n) is 5.77. The molecule has 0 spiro atoms. The molecule has 1 aromatic rings. The molecular formula is C13H13Cl2NO3. The molecule has 1 aromatic carbocycles. The van der Waals surface area contributed by atoms with E-state index in [1.165, 1.54) is 13.8 Å². The molecule has 0 bridgehead atoms. The Bertz CT molecular complexity index is 582. The standard InChI is InChI=1S/C13H13Cl2NO3/c1-13(2,12(16)18)19-8-5-6-3-4-7(17)9(6)11(15)10(8)14/h5H,3-4H2,1-2H3,(H2,16,18). The number of rotatable bonds is 3. The minimum Gasteiger partial charge on any atom is -0.476 e. The molecule has 6 heteroatoms. The summed E-state index contributed by atoms with van der Waals surface area (Å²) >= 11 is 12.2. The lowest BCUT2D eigenvalue weighted by Gasteiger charge is -2.24. The van der Waals surface area contributed by atoms with E-state index in [4.69, 9.17) is 33.7 Å². The van der Waals surface area contributed by atoms with Crippen molar-refractivity contribution in [2.75, 3.05) is 0 Å². The van der Waals surface area contributed by atoms with Crippen molar-refractivity contribution in [3.63, 3.8) is 0 Å². The van der Waals surface area contributed by atoms with Crippen LogP contribution in [0.25, 0.3) is 0 Å². The Kier molecular flexibility index (Phi) is 3.49. The highest BCUT2D eigenvalue weighted by molar-refractivity contribution is 6.45. The van der Waals surface area contributed by atoms with Crippen molar-refractivity contribution in [1.29, 1.82) is 0 Å². The van der Waals surface area contributed by atoms with Gasteiger partial charge in [-0.25, -0.2) is 0 Å². The number of fused-ring (bicyclic) bond motifs is 1. The molecule has 19 heavy (non-hydrogen) atoms. The van der Waals surface area contributed by atoms with Crippen LogP contribution in [0.5, 0.6) is 5.75 Å². The fourth-order valence-electron chi connectivity index (χ4n) is 1.92. The number of ether oxygens (including phenoxy) is 1. The summed E-state index contributed by atoms with van der Waals surface area (Å²) in [6.07, 6.45) is 1.01. The maximum atomic E-state index is 11.7. The predicted molar refractivity (Wildman–Crippen MR) is 73.0 cm³/mol. The van der Waals surface area contributed by atoms with Crippen LogP contribution in [0.15, 0.2) is 6.07 Å². The number of carbonyl (C=O) groups is 2. The molecule has 0 atom stereocenters. The number of nitrogens with two attached hydrogens (primary N) is 1. The molecule has 4 nitrogen and oxygen atoms in total. The molecule has 0 radical (unpaired) electrons. The molecule has 1 amide bonds. The average molecular weight is 302 g/mol. The largest absolute Gasteiger partial charge is 0.476 e. The Balaban J connectivity index is 2.47. The van der Waals surface area contributed by atoms with Crippen molar-refractivity contribution in [3.8, 4) is 5.75 Å². The third-order valence-electron chi connectivity index (χ3n) is 3.11. The van der Waals surface area contributed by atoms with Crippen molar-refractivity contribution in [2.24, 2.45) is 5.73 Å². The molecule has 0 heterocycles. The number of ketones is 1. The van der Waals surface area contributed by atoms with E-state index < -0.39 is 11.5 Å². The third kappa shape index (κ3) is 2.42. The van der Waals surface area contributed by atoms with Gasteiger partial charge in [0.15, 0.2) is 11.4 Å². The van der Waals surface area contributed by atoms with Gasteiger partial charge in [-0.05, 0) is 31.9 Å². The van der Waals surface area contributed by atoms with Gasteiger partial charge in [-0.1, -0.05) is 23.2 Å². The van der Waals surface area contributed by atoms with Gasteiger partial charge in [-0.3, -0.25) is 9.59 Å². The van der Waals surface area contributed by atoms with E-state index in [-0.39, 0.29) is 21.6 Å². The summed E-state index contributed by atoms with van der Waals surface area (Å²) in [7, 11) is 0. The van der Waals surface area contributed by atoms with Gasteiger partial charge in [0.25, 0.3) is 5.91 Å². The minimum atomic E-state index is -1.20. The monoisotopic (exact) mass is 301 g/mol. The zero-order valence-corrected chi connectivity index (χ0v) is 12.1. The molecule has 0 saturated heterocycles. The Labute approximate surface area is 120 Å². The van der Waals surface area contributed by atoms with Gasteiger partial charge in [0.1, 0.15) is 10.8 Å². The van der Waals surface area contributed by atoms with Crippen molar-refractivity contribution in [3.05, 3.63) is 27.2 Å². The highest BCUT2D eigenvalue weighted by Crippen LogP contribution is 2.41. The van der Waals surface area contributed by atoms with Crippen molar-refractivity contribution >= 4 is 34.9 Å². The fourth-order valence-corrected chi connectivity index (χ4v) is 2.43. The number of halogens is 2. The number of benzene rings is 1. The molecule has 2 N–H and O–H groups in total. The lowest BCUT2D eigenvalue weighted by molar-refractivity contribution is -0.130. The van der Waals surface area contributed by atoms with Crippen LogP contribution < -0.4 is 10.5 Å². The molecule has 0 saturated carbocycles. The highest BCUT2D eigenvalue weighted by atomic mass is 35.5. The Morgan fingerprint density at radius 1 is 1.32 bits per heavy atom. The smallest absolute Gasteiger partial charge is 0.261 e. The second kappa shape index (κ2) is 4.69. The summed E-state index contributed by atoms with van der Waals surface area (Å²) < 4.78 is 5.53. The summed E-state index contributed by atoms with van der Waals surface area (Å²) in [6, 6.07) is 1.65. The number of carbonyl (C=O) groups excluding carboxylic acids is 2. The van der Waals surface area contributed by atoms with Crippen LogP contribution in [0, 0.1) is 0 Å². The van der Waals surface area contributed by atoms with Crippen molar-refractivity contribution in [2.45, 2.75) is 32.3 Å². The number of aryl methyl sites for hydroxylation is 1. The van der Waals surface area contributed by atoms with E-state index in [1.54, 1.807) is 6.07 Å². The van der Waals surface area contributed by atoms with Crippen LogP contribution in [0.2, 0.25) is 10.0 Å². The van der Waals surface area contributed by atoms with Gasteiger partial charge in [-0.15, -0.1) is 0 Å². The second-order valence-corrected chi connectivity index (χ2v) is 5.69. The van der Waals surface area contributed by atoms with Gasteiger partial charge in [0.2, 0.25) is 0 Å². The summed E-state index contributed by atoms with van der Waals surface area (Å²) in [6.45, 7) is 3.08. The summed E-state index contributed by atoms with van der Waals surface area (Å²) in [5.41, 5.74) is 5.28. The van der Waals surface area contributed by atoms with E-state index >= 15 is 0 Å². The molecule has 0 unspecified atom stereocenters. The molecule has 2 rings (SSSR count). The Hall–Kier alpha value is -1.26. The van der Waals surface area contributed by atoms with E-state index in [2.05, 4.69) is 0 Å². The third-order valence-corrected chi connectivity index (χ3v) is 3.96. The van der Waals surface area contributed by atoms with Gasteiger partial charge in [0.05, 0.1) is 5.02 Å². The molecule has 102 valence electrons. The van der Waals surface area contributed by atoms with E-state index in [0.29, 0.717) is 18.4 Å². The minimum absolute atomic E-state index is 0.0254. The maximum absolute atomic E-state index is 11.7. The normalized spacial score (nSPS) is 14.4. The first-order chi connectivity index (χ1) is 8.74. The lowest BCUT2D eigenvalue weighted by Crippen LogP contribution is -2.43. The molecule has 0 aromatic heterocycles. The number of hydrogen-bond donors (Lipinski definition) is 1. The molecule has 1 aliphatic carbocycles. The summed E-state index contributed by atoms with van der Waals surface area (Å²) in [4.78, 5) is 23.0. The summed E-state index contributed by atoms with van der Waals surface area (Å²) in [5.74, 6) is -0.372.